The maximum atomic E-state index is 3.82. The summed E-state index contributed by atoms with van der Waals surface area (Å²) >= 11 is 0. The average molecular weight is 187 g/mol. The van der Waals surface area contributed by atoms with Gasteiger partial charge in [-0.2, -0.15) is 0 Å². The second kappa shape index (κ2) is 3.87. The van der Waals surface area contributed by atoms with Gasteiger partial charge in [0.25, 0.3) is 0 Å². The van der Waals surface area contributed by atoms with Crippen LogP contribution < -0.4 is 4.90 Å². The maximum absolute atomic E-state index is 3.82. The number of para-hydroxylation sites is 1. The molecule has 2 rings (SSSR count). The molecule has 1 nitrogen and oxygen atoms in total. The van der Waals surface area contributed by atoms with Crippen LogP contribution >= 0.6 is 0 Å². The fourth-order valence-corrected chi connectivity index (χ4v) is 2.25. The number of anilines is 1. The standard InChI is InChI=1S/C13H17N/c1-3-6-12-10-9-11-7-4-5-8-13(11)14(12)2/h3-5,7-8,12H,1,6,9-10H2,2H3. The van der Waals surface area contributed by atoms with E-state index in [4.69, 9.17) is 0 Å². The molecule has 74 valence electrons. The average Bonchev–Trinajstić information content (AvgIpc) is 2.23. The first-order valence-corrected chi connectivity index (χ1v) is 5.24. The van der Waals surface area contributed by atoms with Crippen molar-refractivity contribution < 1.29 is 0 Å². The van der Waals surface area contributed by atoms with E-state index in [-0.39, 0.29) is 0 Å². The third kappa shape index (κ3) is 1.54. The van der Waals surface area contributed by atoms with Crippen LogP contribution in [0.3, 0.4) is 0 Å². The van der Waals surface area contributed by atoms with Crippen molar-refractivity contribution in [1.82, 2.24) is 0 Å². The Kier molecular flexibility index (Phi) is 2.58. The zero-order valence-electron chi connectivity index (χ0n) is 8.74. The summed E-state index contributed by atoms with van der Waals surface area (Å²) in [5.41, 5.74) is 2.88. The molecule has 0 radical (unpaired) electrons. The van der Waals surface area contributed by atoms with E-state index >= 15 is 0 Å². The van der Waals surface area contributed by atoms with Crippen molar-refractivity contribution in [2.24, 2.45) is 0 Å². The van der Waals surface area contributed by atoms with Crippen molar-refractivity contribution in [2.45, 2.75) is 25.3 Å². The number of benzene rings is 1. The van der Waals surface area contributed by atoms with E-state index in [2.05, 4.69) is 42.8 Å². The SMILES string of the molecule is C=CCC1CCc2ccccc2N1C. The summed E-state index contributed by atoms with van der Waals surface area (Å²) in [6, 6.07) is 9.33. The van der Waals surface area contributed by atoms with Crippen molar-refractivity contribution in [1.29, 1.82) is 0 Å². The van der Waals surface area contributed by atoms with Crippen molar-refractivity contribution in [3.8, 4) is 0 Å². The molecular formula is C13H17N. The fraction of sp³-hybridized carbons (Fsp3) is 0.385. The third-order valence-corrected chi connectivity index (χ3v) is 3.10. The van der Waals surface area contributed by atoms with Gasteiger partial charge in [-0.05, 0) is 30.9 Å². The minimum absolute atomic E-state index is 0.641. The van der Waals surface area contributed by atoms with Gasteiger partial charge in [0.05, 0.1) is 0 Å². The number of hydrogen-bond donors (Lipinski definition) is 0. The summed E-state index contributed by atoms with van der Waals surface area (Å²) in [6.45, 7) is 3.82. The van der Waals surface area contributed by atoms with E-state index in [1.807, 2.05) is 6.08 Å². The highest BCUT2D eigenvalue weighted by atomic mass is 15.1. The van der Waals surface area contributed by atoms with Crippen molar-refractivity contribution >= 4 is 5.69 Å². The molecule has 0 N–H and O–H groups in total. The predicted molar refractivity (Wildman–Crippen MR) is 61.8 cm³/mol. The Balaban J connectivity index is 2.26. The van der Waals surface area contributed by atoms with Gasteiger partial charge in [0.2, 0.25) is 0 Å². The second-order valence-corrected chi connectivity index (χ2v) is 3.96. The topological polar surface area (TPSA) is 3.24 Å². The number of fused-ring (bicyclic) bond motifs is 1. The zero-order valence-corrected chi connectivity index (χ0v) is 8.74. The maximum Gasteiger partial charge on any atom is 0.0398 e. The highest BCUT2D eigenvalue weighted by Crippen LogP contribution is 2.30. The quantitative estimate of drug-likeness (QED) is 0.643. The summed E-state index contributed by atoms with van der Waals surface area (Å²) in [5.74, 6) is 0. The van der Waals surface area contributed by atoms with Gasteiger partial charge in [-0.15, -0.1) is 6.58 Å². The molecule has 0 spiro atoms. The molecule has 1 atom stereocenters. The van der Waals surface area contributed by atoms with Crippen LogP contribution in [0, 0.1) is 0 Å². The van der Waals surface area contributed by atoms with Crippen molar-refractivity contribution in [2.75, 3.05) is 11.9 Å². The molecule has 0 aromatic heterocycles. The molecule has 14 heavy (non-hydrogen) atoms. The van der Waals surface area contributed by atoms with Crippen LogP contribution in [-0.2, 0) is 6.42 Å². The Morgan fingerprint density at radius 2 is 2.29 bits per heavy atom. The van der Waals surface area contributed by atoms with Crippen LogP contribution in [0.5, 0.6) is 0 Å². The number of nitrogens with zero attached hydrogens (tertiary/aromatic N) is 1. The summed E-state index contributed by atoms with van der Waals surface area (Å²) in [7, 11) is 2.19. The van der Waals surface area contributed by atoms with Gasteiger partial charge in [-0.1, -0.05) is 24.3 Å². The van der Waals surface area contributed by atoms with Gasteiger partial charge < -0.3 is 4.90 Å². The Bertz CT molecular complexity index is 330. The lowest BCUT2D eigenvalue weighted by Crippen LogP contribution is -2.35. The molecule has 1 unspecified atom stereocenters. The molecule has 1 heteroatoms. The second-order valence-electron chi connectivity index (χ2n) is 3.96. The smallest absolute Gasteiger partial charge is 0.0398 e. The molecule has 1 aromatic carbocycles. The summed E-state index contributed by atoms with van der Waals surface area (Å²) in [5, 5.41) is 0. The van der Waals surface area contributed by atoms with E-state index in [9.17, 15) is 0 Å². The molecule has 1 aliphatic rings. The summed E-state index contributed by atoms with van der Waals surface area (Å²) in [4.78, 5) is 2.39. The van der Waals surface area contributed by atoms with Gasteiger partial charge >= 0.3 is 0 Å². The molecule has 0 fully saturated rings. The third-order valence-electron chi connectivity index (χ3n) is 3.10. The molecule has 0 saturated heterocycles. The lowest BCUT2D eigenvalue weighted by Gasteiger charge is -2.35. The van der Waals surface area contributed by atoms with E-state index < -0.39 is 0 Å². The molecular weight excluding hydrogens is 170 g/mol. The number of rotatable bonds is 2. The van der Waals surface area contributed by atoms with Crippen LogP contribution in [0.4, 0.5) is 5.69 Å². The van der Waals surface area contributed by atoms with Crippen LogP contribution in [0.1, 0.15) is 18.4 Å². The number of hydrogen-bond acceptors (Lipinski definition) is 1. The van der Waals surface area contributed by atoms with Crippen LogP contribution in [-0.4, -0.2) is 13.1 Å². The fourth-order valence-electron chi connectivity index (χ4n) is 2.25. The molecule has 0 amide bonds. The van der Waals surface area contributed by atoms with E-state index in [0.717, 1.165) is 6.42 Å². The van der Waals surface area contributed by atoms with Gasteiger partial charge in [0.1, 0.15) is 0 Å². The van der Waals surface area contributed by atoms with E-state index in [1.54, 1.807) is 0 Å². The molecule has 0 bridgehead atoms. The van der Waals surface area contributed by atoms with Crippen LogP contribution in [0.15, 0.2) is 36.9 Å². The van der Waals surface area contributed by atoms with Crippen molar-refractivity contribution in [3.63, 3.8) is 0 Å². The molecule has 0 saturated carbocycles. The Hall–Kier alpha value is -1.24. The lowest BCUT2D eigenvalue weighted by molar-refractivity contribution is 0.562. The van der Waals surface area contributed by atoms with Crippen LogP contribution in [0.25, 0.3) is 0 Å². The Morgan fingerprint density at radius 3 is 3.07 bits per heavy atom. The predicted octanol–water partition coefficient (Wildman–Crippen LogP) is 3.01. The van der Waals surface area contributed by atoms with Crippen molar-refractivity contribution in [3.05, 3.63) is 42.5 Å². The molecule has 0 aliphatic carbocycles. The number of aryl methyl sites for hydroxylation is 1. The van der Waals surface area contributed by atoms with Gasteiger partial charge in [0.15, 0.2) is 0 Å². The van der Waals surface area contributed by atoms with Crippen LogP contribution in [0.2, 0.25) is 0 Å². The molecule has 1 aliphatic heterocycles. The monoisotopic (exact) mass is 187 g/mol. The first-order chi connectivity index (χ1) is 6.83. The summed E-state index contributed by atoms with van der Waals surface area (Å²) in [6.07, 6.45) is 5.57. The van der Waals surface area contributed by atoms with E-state index in [0.29, 0.717) is 6.04 Å². The normalized spacial score (nSPS) is 20.4. The Labute approximate surface area is 86.1 Å². The zero-order chi connectivity index (χ0) is 9.97. The first-order valence-electron chi connectivity index (χ1n) is 5.24. The van der Waals surface area contributed by atoms with Gasteiger partial charge in [-0.3, -0.25) is 0 Å². The molecule has 1 heterocycles. The Morgan fingerprint density at radius 1 is 1.50 bits per heavy atom. The van der Waals surface area contributed by atoms with Gasteiger partial charge in [-0.25, -0.2) is 0 Å². The molecule has 1 aromatic rings. The largest absolute Gasteiger partial charge is 0.371 e. The highest BCUT2D eigenvalue weighted by molar-refractivity contribution is 5.55. The minimum atomic E-state index is 0.641. The lowest BCUT2D eigenvalue weighted by atomic mass is 9.94. The summed E-state index contributed by atoms with van der Waals surface area (Å²) < 4.78 is 0. The first kappa shape index (κ1) is 9.32. The highest BCUT2D eigenvalue weighted by Gasteiger charge is 2.21. The van der Waals surface area contributed by atoms with E-state index in [1.165, 1.54) is 24.1 Å². The minimum Gasteiger partial charge on any atom is -0.371 e. The van der Waals surface area contributed by atoms with Gasteiger partial charge in [0, 0.05) is 18.8 Å².